The van der Waals surface area contributed by atoms with Crippen LogP contribution in [0, 0.1) is 0 Å². The normalized spacial score (nSPS) is 9.38. The van der Waals surface area contributed by atoms with Crippen LogP contribution in [0.1, 0.15) is 33.1 Å². The highest BCUT2D eigenvalue weighted by Gasteiger charge is 2.09. The lowest BCUT2D eigenvalue weighted by molar-refractivity contribution is -0.127. The second-order valence-corrected chi connectivity index (χ2v) is 3.06. The van der Waals surface area contributed by atoms with E-state index in [1.165, 1.54) is 0 Å². The maximum Gasteiger partial charge on any atom is 0.223 e. The van der Waals surface area contributed by atoms with Gasteiger partial charge in [-0.3, -0.25) is 4.79 Å². The molecule has 0 aliphatic heterocycles. The molecule has 0 aliphatic carbocycles. The Bertz CT molecular complexity index is 196. The summed E-state index contributed by atoms with van der Waals surface area (Å²) in [6.45, 7) is 11.9. The van der Waals surface area contributed by atoms with Gasteiger partial charge in [0.15, 0.2) is 0 Å². The first-order valence-electron chi connectivity index (χ1n) is 4.70. The molecule has 0 aliphatic rings. The van der Waals surface area contributed by atoms with E-state index in [1.54, 1.807) is 11.8 Å². The van der Waals surface area contributed by atoms with Crippen LogP contribution in [0.15, 0.2) is 24.9 Å². The average molecular weight is 181 g/mol. The SMILES string of the molecule is C=CCCC(=C)N(CCC)C(C)=O. The van der Waals surface area contributed by atoms with Crippen molar-refractivity contribution in [3.63, 3.8) is 0 Å². The van der Waals surface area contributed by atoms with Crippen molar-refractivity contribution in [1.82, 2.24) is 4.90 Å². The minimum Gasteiger partial charge on any atom is -0.317 e. The quantitative estimate of drug-likeness (QED) is 0.577. The van der Waals surface area contributed by atoms with Gasteiger partial charge in [-0.1, -0.05) is 19.6 Å². The van der Waals surface area contributed by atoms with Gasteiger partial charge in [-0.15, -0.1) is 6.58 Å². The average Bonchev–Trinajstić information content (AvgIpc) is 2.09. The largest absolute Gasteiger partial charge is 0.317 e. The van der Waals surface area contributed by atoms with E-state index in [9.17, 15) is 4.79 Å². The van der Waals surface area contributed by atoms with E-state index in [-0.39, 0.29) is 5.91 Å². The molecule has 0 aromatic carbocycles. The predicted octanol–water partition coefficient (Wildman–Crippen LogP) is 2.72. The van der Waals surface area contributed by atoms with Crippen LogP contribution in [0.4, 0.5) is 0 Å². The van der Waals surface area contributed by atoms with Gasteiger partial charge in [-0.05, 0) is 19.3 Å². The van der Waals surface area contributed by atoms with Gasteiger partial charge in [-0.2, -0.15) is 0 Å². The predicted molar refractivity (Wildman–Crippen MR) is 56.2 cm³/mol. The first kappa shape index (κ1) is 11.9. The third kappa shape index (κ3) is 4.51. The number of allylic oxidation sites excluding steroid dienone is 2. The smallest absolute Gasteiger partial charge is 0.223 e. The van der Waals surface area contributed by atoms with E-state index in [4.69, 9.17) is 0 Å². The van der Waals surface area contributed by atoms with Crippen LogP contribution in [-0.2, 0) is 4.79 Å². The summed E-state index contributed by atoms with van der Waals surface area (Å²) < 4.78 is 0. The van der Waals surface area contributed by atoms with Gasteiger partial charge in [0.1, 0.15) is 0 Å². The van der Waals surface area contributed by atoms with Gasteiger partial charge in [-0.25, -0.2) is 0 Å². The van der Waals surface area contributed by atoms with E-state index in [0.717, 1.165) is 31.5 Å². The van der Waals surface area contributed by atoms with Crippen molar-refractivity contribution in [2.75, 3.05) is 6.54 Å². The molecule has 0 unspecified atom stereocenters. The lowest BCUT2D eigenvalue weighted by Crippen LogP contribution is -2.28. The first-order valence-corrected chi connectivity index (χ1v) is 4.70. The summed E-state index contributed by atoms with van der Waals surface area (Å²) in [5.41, 5.74) is 0.897. The zero-order chi connectivity index (χ0) is 10.3. The van der Waals surface area contributed by atoms with Crippen molar-refractivity contribution in [2.24, 2.45) is 0 Å². The number of rotatable bonds is 6. The molecule has 0 bridgehead atoms. The molecule has 0 fully saturated rings. The molecule has 2 heteroatoms. The Labute approximate surface area is 80.9 Å². The molecule has 0 saturated carbocycles. The summed E-state index contributed by atoms with van der Waals surface area (Å²) in [5.74, 6) is 0.0795. The molecule has 0 rings (SSSR count). The Morgan fingerprint density at radius 1 is 1.54 bits per heavy atom. The fourth-order valence-corrected chi connectivity index (χ4v) is 1.17. The minimum absolute atomic E-state index is 0.0795. The van der Waals surface area contributed by atoms with Crippen LogP contribution < -0.4 is 0 Å². The molecule has 1 amide bonds. The number of nitrogens with zero attached hydrogens (tertiary/aromatic N) is 1. The maximum absolute atomic E-state index is 11.2. The Hall–Kier alpha value is -1.05. The molecule has 0 aromatic rings. The van der Waals surface area contributed by atoms with Crippen LogP contribution in [-0.4, -0.2) is 17.4 Å². The summed E-state index contributed by atoms with van der Waals surface area (Å²) >= 11 is 0. The lowest BCUT2D eigenvalue weighted by Gasteiger charge is -2.22. The Balaban J connectivity index is 4.11. The summed E-state index contributed by atoms with van der Waals surface area (Å²) in [7, 11) is 0. The van der Waals surface area contributed by atoms with Crippen molar-refractivity contribution in [1.29, 1.82) is 0 Å². The minimum atomic E-state index is 0.0795. The highest BCUT2D eigenvalue weighted by molar-refractivity contribution is 5.75. The van der Waals surface area contributed by atoms with E-state index >= 15 is 0 Å². The first-order chi connectivity index (χ1) is 6.13. The molecule has 0 radical (unpaired) electrons. The van der Waals surface area contributed by atoms with Crippen molar-refractivity contribution >= 4 is 5.91 Å². The molecule has 74 valence electrons. The Morgan fingerprint density at radius 3 is 2.54 bits per heavy atom. The fraction of sp³-hybridized carbons (Fsp3) is 0.545. The number of hydrogen-bond acceptors (Lipinski definition) is 1. The van der Waals surface area contributed by atoms with Gasteiger partial charge in [0, 0.05) is 19.2 Å². The van der Waals surface area contributed by atoms with Gasteiger partial charge in [0.25, 0.3) is 0 Å². The van der Waals surface area contributed by atoms with E-state index in [2.05, 4.69) is 20.1 Å². The second-order valence-electron chi connectivity index (χ2n) is 3.06. The third-order valence-corrected chi connectivity index (χ3v) is 1.85. The summed E-state index contributed by atoms with van der Waals surface area (Å²) in [6.07, 6.45) is 4.51. The summed E-state index contributed by atoms with van der Waals surface area (Å²) in [5, 5.41) is 0. The van der Waals surface area contributed by atoms with Crippen molar-refractivity contribution in [3.8, 4) is 0 Å². The lowest BCUT2D eigenvalue weighted by atomic mass is 10.2. The van der Waals surface area contributed by atoms with E-state index < -0.39 is 0 Å². The zero-order valence-electron chi connectivity index (χ0n) is 8.68. The van der Waals surface area contributed by atoms with E-state index in [0.29, 0.717) is 0 Å². The number of carbonyl (C=O) groups is 1. The maximum atomic E-state index is 11.2. The monoisotopic (exact) mass is 181 g/mol. The topological polar surface area (TPSA) is 20.3 Å². The second kappa shape index (κ2) is 6.46. The zero-order valence-corrected chi connectivity index (χ0v) is 8.68. The van der Waals surface area contributed by atoms with Crippen LogP contribution in [0.2, 0.25) is 0 Å². The Kier molecular flexibility index (Phi) is 5.94. The van der Waals surface area contributed by atoms with Crippen molar-refractivity contribution in [2.45, 2.75) is 33.1 Å². The molecular weight excluding hydrogens is 162 g/mol. The molecule has 0 heterocycles. The Morgan fingerprint density at radius 2 is 2.15 bits per heavy atom. The third-order valence-electron chi connectivity index (χ3n) is 1.85. The van der Waals surface area contributed by atoms with Gasteiger partial charge in [0.05, 0.1) is 0 Å². The number of amides is 1. The highest BCUT2D eigenvalue weighted by atomic mass is 16.2. The van der Waals surface area contributed by atoms with Crippen LogP contribution in [0.5, 0.6) is 0 Å². The molecule has 2 nitrogen and oxygen atoms in total. The molecule has 0 spiro atoms. The molecule has 13 heavy (non-hydrogen) atoms. The number of carbonyl (C=O) groups excluding carboxylic acids is 1. The van der Waals surface area contributed by atoms with Crippen molar-refractivity contribution in [3.05, 3.63) is 24.9 Å². The van der Waals surface area contributed by atoms with Gasteiger partial charge >= 0.3 is 0 Å². The molecule has 0 N–H and O–H groups in total. The van der Waals surface area contributed by atoms with Gasteiger partial charge in [0.2, 0.25) is 5.91 Å². The number of hydrogen-bond donors (Lipinski definition) is 0. The summed E-state index contributed by atoms with van der Waals surface area (Å²) in [6, 6.07) is 0. The van der Waals surface area contributed by atoms with Gasteiger partial charge < -0.3 is 4.90 Å². The van der Waals surface area contributed by atoms with E-state index in [1.807, 2.05) is 6.08 Å². The molecular formula is C11H19NO. The highest BCUT2D eigenvalue weighted by Crippen LogP contribution is 2.10. The standard InChI is InChI=1S/C11H19NO/c1-5-7-8-10(3)12(9-6-2)11(4)13/h5H,1,3,6-9H2,2,4H3. The molecule has 0 atom stereocenters. The van der Waals surface area contributed by atoms with Crippen LogP contribution >= 0.6 is 0 Å². The summed E-state index contributed by atoms with van der Waals surface area (Å²) in [4.78, 5) is 12.9. The van der Waals surface area contributed by atoms with Crippen molar-refractivity contribution < 1.29 is 4.79 Å². The molecule has 0 saturated heterocycles. The molecule has 0 aromatic heterocycles. The van der Waals surface area contributed by atoms with Crippen LogP contribution in [0.25, 0.3) is 0 Å². The van der Waals surface area contributed by atoms with Crippen LogP contribution in [0.3, 0.4) is 0 Å². The fourth-order valence-electron chi connectivity index (χ4n) is 1.17.